The van der Waals surface area contributed by atoms with E-state index in [0.29, 0.717) is 6.42 Å². The lowest BCUT2D eigenvalue weighted by atomic mass is 10.1. The largest absolute Gasteiger partial charge is 0.481 e. The van der Waals surface area contributed by atoms with Crippen LogP contribution in [0.1, 0.15) is 30.9 Å². The van der Waals surface area contributed by atoms with Crippen LogP contribution >= 0.6 is 11.6 Å². The summed E-state index contributed by atoms with van der Waals surface area (Å²) in [5.41, 5.74) is 2.74. The van der Waals surface area contributed by atoms with Crippen LogP contribution in [0.5, 0.6) is 5.75 Å². The van der Waals surface area contributed by atoms with Crippen molar-refractivity contribution in [2.24, 2.45) is 0 Å². The van der Waals surface area contributed by atoms with E-state index in [1.54, 1.807) is 0 Å². The van der Waals surface area contributed by atoms with Gasteiger partial charge in [0, 0.05) is 0 Å². The van der Waals surface area contributed by atoms with Crippen molar-refractivity contribution in [3.63, 3.8) is 0 Å². The third kappa shape index (κ3) is 2.38. The number of benzene rings is 1. The Labute approximate surface area is 101 Å². The molecule has 1 atom stereocenters. The summed E-state index contributed by atoms with van der Waals surface area (Å²) in [6, 6.07) is 6.04. The van der Waals surface area contributed by atoms with Crippen LogP contribution in [-0.4, -0.2) is 11.3 Å². The summed E-state index contributed by atoms with van der Waals surface area (Å²) in [7, 11) is 0. The molecule has 0 fully saturated rings. The first kappa shape index (κ1) is 11.5. The number of hydrogen-bond acceptors (Lipinski definition) is 2. The molecular weight excluding hydrogens is 224 g/mol. The van der Waals surface area contributed by atoms with Crippen LogP contribution in [0.15, 0.2) is 18.2 Å². The topological polar surface area (TPSA) is 26.3 Å². The highest BCUT2D eigenvalue weighted by atomic mass is 35.5. The first-order valence-electron chi connectivity index (χ1n) is 5.68. The van der Waals surface area contributed by atoms with Gasteiger partial charge in [0.2, 0.25) is 0 Å². The van der Waals surface area contributed by atoms with Crippen LogP contribution in [0.3, 0.4) is 0 Å². The maximum atomic E-state index is 11.1. The van der Waals surface area contributed by atoms with Gasteiger partial charge < -0.3 is 4.74 Å². The van der Waals surface area contributed by atoms with Gasteiger partial charge in [0.1, 0.15) is 5.75 Å². The van der Waals surface area contributed by atoms with Crippen LogP contribution in [-0.2, 0) is 17.6 Å². The van der Waals surface area contributed by atoms with Gasteiger partial charge in [-0.3, -0.25) is 4.79 Å². The van der Waals surface area contributed by atoms with Crippen LogP contribution in [0, 0.1) is 0 Å². The predicted molar refractivity (Wildman–Crippen MR) is 64.0 cm³/mol. The first-order valence-corrected chi connectivity index (χ1v) is 6.06. The molecule has 0 amide bonds. The summed E-state index contributed by atoms with van der Waals surface area (Å²) in [6.07, 6.45) is 3.55. The molecule has 0 radical (unpaired) electrons. The number of ether oxygens (including phenoxy) is 1. The monoisotopic (exact) mass is 238 g/mol. The molecule has 3 heteroatoms. The molecule has 1 aliphatic rings. The van der Waals surface area contributed by atoms with E-state index in [9.17, 15) is 4.79 Å². The minimum Gasteiger partial charge on any atom is -0.481 e. The Morgan fingerprint density at radius 1 is 1.44 bits per heavy atom. The molecule has 2 rings (SSSR count). The van der Waals surface area contributed by atoms with Crippen molar-refractivity contribution in [1.29, 1.82) is 0 Å². The third-order valence-electron chi connectivity index (χ3n) is 2.97. The molecule has 1 aliphatic carbocycles. The summed E-state index contributed by atoms with van der Waals surface area (Å²) < 4.78 is 5.57. The Bertz CT molecular complexity index is 401. The van der Waals surface area contributed by atoms with Crippen molar-refractivity contribution in [2.75, 3.05) is 0 Å². The highest BCUT2D eigenvalue weighted by Crippen LogP contribution is 2.26. The summed E-state index contributed by atoms with van der Waals surface area (Å²) in [6.45, 7) is 1.89. The van der Waals surface area contributed by atoms with Gasteiger partial charge in [-0.15, -0.1) is 0 Å². The molecule has 0 aromatic heterocycles. The van der Waals surface area contributed by atoms with Crippen LogP contribution in [0.2, 0.25) is 0 Å². The first-order chi connectivity index (χ1) is 7.70. The highest BCUT2D eigenvalue weighted by Gasteiger charge is 2.17. The maximum absolute atomic E-state index is 11.1. The van der Waals surface area contributed by atoms with Crippen LogP contribution < -0.4 is 4.74 Å². The van der Waals surface area contributed by atoms with Crippen molar-refractivity contribution >= 4 is 16.8 Å². The van der Waals surface area contributed by atoms with E-state index in [4.69, 9.17) is 16.3 Å². The second-order valence-electron chi connectivity index (χ2n) is 4.10. The average molecular weight is 239 g/mol. The fraction of sp³-hybridized carbons (Fsp3) is 0.462. The summed E-state index contributed by atoms with van der Waals surface area (Å²) in [4.78, 5) is 11.1. The fourth-order valence-electron chi connectivity index (χ4n) is 2.08. The number of carbonyl (C=O) groups is 1. The van der Waals surface area contributed by atoms with Gasteiger partial charge in [-0.25, -0.2) is 0 Å². The molecule has 16 heavy (non-hydrogen) atoms. The van der Waals surface area contributed by atoms with E-state index in [1.165, 1.54) is 17.5 Å². The molecular formula is C13H15ClO2. The lowest BCUT2D eigenvalue weighted by Gasteiger charge is -2.14. The molecule has 2 nitrogen and oxygen atoms in total. The molecule has 0 N–H and O–H groups in total. The Balaban J connectivity index is 2.13. The van der Waals surface area contributed by atoms with Gasteiger partial charge >= 0.3 is 0 Å². The number of carbonyl (C=O) groups excluding carboxylic acids is 1. The van der Waals surface area contributed by atoms with Gasteiger partial charge in [0.15, 0.2) is 6.10 Å². The Kier molecular flexibility index (Phi) is 3.49. The third-order valence-corrected chi connectivity index (χ3v) is 3.22. The Morgan fingerprint density at radius 2 is 2.19 bits per heavy atom. The van der Waals surface area contributed by atoms with Crippen molar-refractivity contribution < 1.29 is 9.53 Å². The molecule has 0 aliphatic heterocycles. The van der Waals surface area contributed by atoms with Gasteiger partial charge in [-0.1, -0.05) is 13.0 Å². The fourth-order valence-corrected chi connectivity index (χ4v) is 2.27. The molecule has 0 heterocycles. The summed E-state index contributed by atoms with van der Waals surface area (Å²) >= 11 is 5.45. The lowest BCUT2D eigenvalue weighted by molar-refractivity contribution is -0.117. The number of rotatable bonds is 4. The number of fused-ring (bicyclic) bond motifs is 1. The number of aryl methyl sites for hydroxylation is 2. The molecule has 0 spiro atoms. The van der Waals surface area contributed by atoms with E-state index in [1.807, 2.05) is 19.1 Å². The molecule has 0 saturated carbocycles. The molecule has 86 valence electrons. The Morgan fingerprint density at radius 3 is 2.88 bits per heavy atom. The SMILES string of the molecule is CC[C@@H](Oc1ccc2c(c1)CCC2)C(=O)Cl. The minimum atomic E-state index is -0.527. The van der Waals surface area contributed by atoms with E-state index in [-0.39, 0.29) is 0 Å². The van der Waals surface area contributed by atoms with Crippen molar-refractivity contribution in [3.05, 3.63) is 29.3 Å². The van der Waals surface area contributed by atoms with Crippen molar-refractivity contribution in [3.8, 4) is 5.75 Å². The van der Waals surface area contributed by atoms with E-state index in [0.717, 1.165) is 18.6 Å². The van der Waals surface area contributed by atoms with E-state index in [2.05, 4.69) is 6.07 Å². The zero-order valence-corrected chi connectivity index (χ0v) is 10.1. The van der Waals surface area contributed by atoms with Gasteiger partial charge in [0.05, 0.1) is 0 Å². The standard InChI is InChI=1S/C13H15ClO2/c1-2-12(13(14)15)16-11-7-6-9-4-3-5-10(9)8-11/h6-8,12H,2-5H2,1H3/t12-/m1/s1. The maximum Gasteiger partial charge on any atom is 0.262 e. The Hall–Kier alpha value is -1.02. The average Bonchev–Trinajstić information content (AvgIpc) is 2.72. The van der Waals surface area contributed by atoms with Crippen molar-refractivity contribution in [2.45, 2.75) is 38.7 Å². The van der Waals surface area contributed by atoms with Gasteiger partial charge in [0.25, 0.3) is 5.24 Å². The number of halogens is 1. The predicted octanol–water partition coefficient (Wildman–Crippen LogP) is 3.10. The normalized spacial score (nSPS) is 15.6. The zero-order chi connectivity index (χ0) is 11.5. The van der Waals surface area contributed by atoms with Gasteiger partial charge in [-0.2, -0.15) is 0 Å². The smallest absolute Gasteiger partial charge is 0.262 e. The highest BCUT2D eigenvalue weighted by molar-refractivity contribution is 6.64. The number of hydrogen-bond donors (Lipinski definition) is 0. The summed E-state index contributed by atoms with van der Waals surface area (Å²) in [5, 5.41) is -0.428. The molecule has 1 aromatic rings. The molecule has 0 bridgehead atoms. The second kappa shape index (κ2) is 4.88. The van der Waals surface area contributed by atoms with Gasteiger partial charge in [-0.05, 0) is 60.5 Å². The second-order valence-corrected chi connectivity index (χ2v) is 4.48. The van der Waals surface area contributed by atoms with E-state index >= 15 is 0 Å². The molecule has 0 saturated heterocycles. The van der Waals surface area contributed by atoms with Crippen LogP contribution in [0.4, 0.5) is 0 Å². The lowest BCUT2D eigenvalue weighted by Crippen LogP contribution is -2.22. The molecule has 0 unspecified atom stereocenters. The van der Waals surface area contributed by atoms with Crippen molar-refractivity contribution in [1.82, 2.24) is 0 Å². The zero-order valence-electron chi connectivity index (χ0n) is 9.33. The van der Waals surface area contributed by atoms with E-state index < -0.39 is 11.3 Å². The minimum absolute atomic E-state index is 0.428. The molecule has 1 aromatic carbocycles. The summed E-state index contributed by atoms with van der Waals surface area (Å²) in [5.74, 6) is 0.751. The van der Waals surface area contributed by atoms with Crippen LogP contribution in [0.25, 0.3) is 0 Å². The quantitative estimate of drug-likeness (QED) is 0.754.